The van der Waals surface area contributed by atoms with Gasteiger partial charge in [0.05, 0.1) is 0 Å². The van der Waals surface area contributed by atoms with Crippen LogP contribution in [0.15, 0.2) is 134 Å². The summed E-state index contributed by atoms with van der Waals surface area (Å²) in [4.78, 5) is 38.2. The van der Waals surface area contributed by atoms with Crippen LogP contribution in [0.3, 0.4) is 0 Å². The second-order valence-electron chi connectivity index (χ2n) is 20.9. The first kappa shape index (κ1) is 73.5. The first-order valence-electron chi connectivity index (χ1n) is 32.2. The van der Waals surface area contributed by atoms with Crippen molar-refractivity contribution in [3.8, 4) is 0 Å². The van der Waals surface area contributed by atoms with Crippen molar-refractivity contribution in [2.24, 2.45) is 0 Å². The lowest BCUT2D eigenvalue weighted by Gasteiger charge is -2.18. The van der Waals surface area contributed by atoms with Gasteiger partial charge in [-0.1, -0.05) is 264 Å². The van der Waals surface area contributed by atoms with E-state index < -0.39 is 6.10 Å². The Kier molecular flexibility index (Phi) is 61.4. The van der Waals surface area contributed by atoms with E-state index in [1.807, 2.05) is 0 Å². The van der Waals surface area contributed by atoms with Crippen molar-refractivity contribution in [1.29, 1.82) is 0 Å². The lowest BCUT2D eigenvalue weighted by atomic mass is 10.1. The second-order valence-corrected chi connectivity index (χ2v) is 20.9. The highest BCUT2D eigenvalue weighted by Crippen LogP contribution is 2.15. The van der Waals surface area contributed by atoms with Gasteiger partial charge in [-0.2, -0.15) is 0 Å². The zero-order valence-electron chi connectivity index (χ0n) is 50.6. The molecule has 0 aliphatic rings. The van der Waals surface area contributed by atoms with Gasteiger partial charge in [0.2, 0.25) is 0 Å². The van der Waals surface area contributed by atoms with Crippen molar-refractivity contribution in [2.45, 2.75) is 290 Å². The molecule has 0 N–H and O–H groups in total. The maximum atomic E-state index is 12.9. The van der Waals surface area contributed by atoms with Crippen LogP contribution in [-0.4, -0.2) is 37.2 Å². The number of carbonyl (C=O) groups is 3. The van der Waals surface area contributed by atoms with Crippen molar-refractivity contribution in [3.05, 3.63) is 134 Å². The smallest absolute Gasteiger partial charge is 0.306 e. The third kappa shape index (κ3) is 62.4. The Labute approximate surface area is 481 Å². The summed E-state index contributed by atoms with van der Waals surface area (Å²) in [5.74, 6) is -0.935. The Bertz CT molecular complexity index is 1670. The Morgan fingerprint density at radius 1 is 0.269 bits per heavy atom. The number of carbonyl (C=O) groups excluding carboxylic acids is 3. The van der Waals surface area contributed by atoms with Crippen molar-refractivity contribution >= 4 is 17.9 Å². The van der Waals surface area contributed by atoms with Crippen LogP contribution >= 0.6 is 0 Å². The molecule has 0 aromatic heterocycles. The van der Waals surface area contributed by atoms with E-state index in [2.05, 4.69) is 154 Å². The first-order chi connectivity index (χ1) is 38.5. The van der Waals surface area contributed by atoms with Gasteiger partial charge in [0.25, 0.3) is 0 Å². The molecule has 6 nitrogen and oxygen atoms in total. The highest BCUT2D eigenvalue weighted by molar-refractivity contribution is 5.71. The van der Waals surface area contributed by atoms with E-state index in [0.29, 0.717) is 19.3 Å². The summed E-state index contributed by atoms with van der Waals surface area (Å²) in [6.07, 6.45) is 91.8. The molecule has 1 unspecified atom stereocenters. The van der Waals surface area contributed by atoms with Crippen LogP contribution in [-0.2, 0) is 28.6 Å². The molecule has 0 saturated carbocycles. The van der Waals surface area contributed by atoms with E-state index in [0.717, 1.165) is 148 Å². The molecular weight excluding hydrogens is 961 g/mol. The predicted molar refractivity (Wildman–Crippen MR) is 339 cm³/mol. The Morgan fingerprint density at radius 3 is 0.846 bits per heavy atom. The molecule has 0 aliphatic heterocycles. The van der Waals surface area contributed by atoms with E-state index in [1.54, 1.807) is 0 Å². The maximum Gasteiger partial charge on any atom is 0.306 e. The number of hydrogen-bond donors (Lipinski definition) is 0. The highest BCUT2D eigenvalue weighted by Gasteiger charge is 2.19. The molecule has 0 aromatic carbocycles. The zero-order chi connectivity index (χ0) is 56.4. The topological polar surface area (TPSA) is 78.9 Å². The number of unbranched alkanes of at least 4 members (excludes halogenated alkanes) is 24. The standard InChI is InChI=1S/C72H118O6/c1-4-7-10-13-16-19-22-24-26-28-30-32-33-34-35-36-37-38-39-41-42-44-46-48-50-53-56-59-62-65-71(74)77-68-69(67-76-70(73)64-61-58-55-52-21-18-15-12-9-6-3)78-72(75)66-63-60-57-54-51-49-47-45-43-40-31-29-27-25-23-20-17-14-11-8-5-2/h7,10,12,15-16,19,23-26,29-32,34-35,37-38,41-42,46,48,69H,4-6,8-9,11,13-14,17-18,20-22,27-28,33,36,39-40,43-45,47,49-68H2,1-3H3/b10-7-,15-12-,19-16-,25-23-,26-24-,31-29-,32-30-,35-34-,38-37-,42-41-,48-46-. The summed E-state index contributed by atoms with van der Waals surface area (Å²) < 4.78 is 16.9. The highest BCUT2D eigenvalue weighted by atomic mass is 16.6. The second kappa shape index (κ2) is 65.1. The van der Waals surface area contributed by atoms with E-state index >= 15 is 0 Å². The van der Waals surface area contributed by atoms with Gasteiger partial charge in [-0.15, -0.1) is 0 Å². The van der Waals surface area contributed by atoms with Gasteiger partial charge in [-0.05, 0) is 135 Å². The quantitative estimate of drug-likeness (QED) is 0.0261. The average Bonchev–Trinajstić information content (AvgIpc) is 3.44. The average molecular weight is 1080 g/mol. The third-order valence-electron chi connectivity index (χ3n) is 13.3. The van der Waals surface area contributed by atoms with E-state index in [4.69, 9.17) is 14.2 Å². The van der Waals surface area contributed by atoms with Gasteiger partial charge in [0.1, 0.15) is 13.2 Å². The molecule has 0 aliphatic carbocycles. The molecule has 442 valence electrons. The molecule has 0 heterocycles. The monoisotopic (exact) mass is 1080 g/mol. The van der Waals surface area contributed by atoms with Gasteiger partial charge in [0.15, 0.2) is 6.10 Å². The number of allylic oxidation sites excluding steroid dienone is 22. The summed E-state index contributed by atoms with van der Waals surface area (Å²) in [7, 11) is 0. The fourth-order valence-corrected chi connectivity index (χ4v) is 8.55. The van der Waals surface area contributed by atoms with E-state index in [9.17, 15) is 14.4 Å². The first-order valence-corrected chi connectivity index (χ1v) is 32.2. The predicted octanol–water partition coefficient (Wildman–Crippen LogP) is 22.2. The minimum atomic E-state index is -0.799. The number of ether oxygens (including phenoxy) is 3. The summed E-state index contributed by atoms with van der Waals surface area (Å²) in [5.41, 5.74) is 0. The zero-order valence-corrected chi connectivity index (χ0v) is 50.6. The molecule has 1 atom stereocenters. The summed E-state index contributed by atoms with van der Waals surface area (Å²) in [6.45, 7) is 6.43. The largest absolute Gasteiger partial charge is 0.462 e. The molecule has 78 heavy (non-hydrogen) atoms. The van der Waals surface area contributed by atoms with Gasteiger partial charge >= 0.3 is 17.9 Å². The van der Waals surface area contributed by atoms with Crippen molar-refractivity contribution in [2.75, 3.05) is 13.2 Å². The van der Waals surface area contributed by atoms with Crippen LogP contribution in [0, 0.1) is 0 Å². The van der Waals surface area contributed by atoms with Crippen LogP contribution in [0.5, 0.6) is 0 Å². The Balaban J connectivity index is 4.34. The molecule has 0 rings (SSSR count). The molecular formula is C72H118O6. The van der Waals surface area contributed by atoms with Crippen molar-refractivity contribution in [3.63, 3.8) is 0 Å². The summed E-state index contributed by atoms with van der Waals surface area (Å²) in [6, 6.07) is 0. The van der Waals surface area contributed by atoms with Crippen molar-refractivity contribution < 1.29 is 28.6 Å². The Hall–Kier alpha value is -4.45. The van der Waals surface area contributed by atoms with Crippen LogP contribution in [0.25, 0.3) is 0 Å². The fraction of sp³-hybridized carbons (Fsp3) is 0.653. The summed E-state index contributed by atoms with van der Waals surface area (Å²) >= 11 is 0. The molecule has 0 saturated heterocycles. The van der Waals surface area contributed by atoms with Crippen LogP contribution in [0.2, 0.25) is 0 Å². The third-order valence-corrected chi connectivity index (χ3v) is 13.3. The molecule has 6 heteroatoms. The SMILES string of the molecule is CC/C=C\C/C=C\C/C=C\C/C=C\C/C=C\C/C=C\C/C=C\C/C=C\CCCCCCC(=O)OCC(COC(=O)CCCCCCC/C=C\CCC)OC(=O)CCCCCCCCCCC/C=C\C/C=C\CCCCCCC. The molecule has 0 bridgehead atoms. The lowest BCUT2D eigenvalue weighted by molar-refractivity contribution is -0.167. The molecule has 0 aromatic rings. The van der Waals surface area contributed by atoms with Crippen LogP contribution < -0.4 is 0 Å². The number of hydrogen-bond acceptors (Lipinski definition) is 6. The fourth-order valence-electron chi connectivity index (χ4n) is 8.55. The Morgan fingerprint density at radius 2 is 0.526 bits per heavy atom. The summed E-state index contributed by atoms with van der Waals surface area (Å²) in [5, 5.41) is 0. The normalized spacial score (nSPS) is 13.0. The van der Waals surface area contributed by atoms with Gasteiger partial charge in [-0.3, -0.25) is 14.4 Å². The van der Waals surface area contributed by atoms with E-state index in [-0.39, 0.29) is 31.1 Å². The van der Waals surface area contributed by atoms with Crippen LogP contribution in [0.4, 0.5) is 0 Å². The lowest BCUT2D eigenvalue weighted by Crippen LogP contribution is -2.30. The van der Waals surface area contributed by atoms with Crippen LogP contribution in [0.1, 0.15) is 284 Å². The van der Waals surface area contributed by atoms with Gasteiger partial charge in [0, 0.05) is 19.3 Å². The van der Waals surface area contributed by atoms with Crippen molar-refractivity contribution in [1.82, 2.24) is 0 Å². The molecule has 0 radical (unpaired) electrons. The van der Waals surface area contributed by atoms with E-state index in [1.165, 1.54) is 96.3 Å². The number of esters is 3. The number of rotatable bonds is 57. The maximum absolute atomic E-state index is 12.9. The van der Waals surface area contributed by atoms with Gasteiger partial charge < -0.3 is 14.2 Å². The van der Waals surface area contributed by atoms with Gasteiger partial charge in [-0.25, -0.2) is 0 Å². The molecule has 0 spiro atoms. The minimum Gasteiger partial charge on any atom is -0.462 e. The molecule has 0 fully saturated rings. The molecule has 0 amide bonds. The minimum absolute atomic E-state index is 0.0956.